The van der Waals surface area contributed by atoms with Gasteiger partial charge in [0.25, 0.3) is 5.91 Å². The largest absolute Gasteiger partial charge is 0.394 e. The highest BCUT2D eigenvalue weighted by Crippen LogP contribution is 2.32. The summed E-state index contributed by atoms with van der Waals surface area (Å²) in [6.45, 7) is 5.35. The molecular formula is C27H31ClN2O4S. The molecule has 0 heterocycles. The van der Waals surface area contributed by atoms with Crippen LogP contribution >= 0.6 is 11.6 Å². The Labute approximate surface area is 212 Å². The number of nitrogens with one attached hydrogen (secondary N) is 1. The quantitative estimate of drug-likeness (QED) is 0.390. The number of hydrogen-bond donors (Lipinski definition) is 2. The summed E-state index contributed by atoms with van der Waals surface area (Å²) in [7, 11) is -3.86. The van der Waals surface area contributed by atoms with Crippen LogP contribution in [0.1, 0.15) is 54.7 Å². The smallest absolute Gasteiger partial charge is 0.251 e. The van der Waals surface area contributed by atoms with Crippen molar-refractivity contribution in [1.82, 2.24) is 9.62 Å². The molecule has 6 nitrogen and oxygen atoms in total. The lowest BCUT2D eigenvalue weighted by molar-refractivity contribution is 0.0869. The third kappa shape index (κ3) is 6.70. The molecule has 3 rings (SSSR count). The number of hydrogen-bond acceptors (Lipinski definition) is 4. The molecule has 35 heavy (non-hydrogen) atoms. The van der Waals surface area contributed by atoms with Crippen LogP contribution in [-0.2, 0) is 16.6 Å². The summed E-state index contributed by atoms with van der Waals surface area (Å²) in [5.41, 5.74) is 1.32. The first-order valence-electron chi connectivity index (χ1n) is 11.4. The van der Waals surface area contributed by atoms with E-state index in [0.29, 0.717) is 17.0 Å². The molecule has 8 heteroatoms. The number of carbonyl (C=O) groups excluding carboxylic acids is 1. The first-order valence-corrected chi connectivity index (χ1v) is 13.2. The van der Waals surface area contributed by atoms with E-state index < -0.39 is 15.6 Å². The minimum Gasteiger partial charge on any atom is -0.394 e. The molecule has 3 aromatic rings. The van der Waals surface area contributed by atoms with Crippen molar-refractivity contribution in [3.8, 4) is 0 Å². The summed E-state index contributed by atoms with van der Waals surface area (Å²) in [6, 6.07) is 22.1. The zero-order valence-corrected chi connectivity index (χ0v) is 21.7. The molecule has 0 saturated heterocycles. The van der Waals surface area contributed by atoms with Crippen molar-refractivity contribution in [2.45, 2.75) is 50.2 Å². The number of benzene rings is 3. The standard InChI is InChI=1S/C27H31ClN2O4S/c1-4-25(21-8-6-5-7-9-21)30(35(33,34)24-16-14-23(28)15-17-24)18-20-10-12-22(13-11-20)26(32)29-27(2,3)19-31/h5-17,25,31H,4,18-19H2,1-3H3,(H,29,32). The van der Waals surface area contributed by atoms with Crippen LogP contribution in [0.15, 0.2) is 83.8 Å². The van der Waals surface area contributed by atoms with E-state index in [9.17, 15) is 18.3 Å². The Morgan fingerprint density at radius 2 is 1.60 bits per heavy atom. The number of aliphatic hydroxyl groups is 1. The number of carbonyl (C=O) groups is 1. The van der Waals surface area contributed by atoms with Crippen molar-refractivity contribution in [3.05, 3.63) is 101 Å². The van der Waals surface area contributed by atoms with E-state index in [1.807, 2.05) is 37.3 Å². The van der Waals surface area contributed by atoms with Gasteiger partial charge in [-0.1, -0.05) is 61.0 Å². The summed E-state index contributed by atoms with van der Waals surface area (Å²) < 4.78 is 29.1. The molecule has 1 atom stereocenters. The molecule has 3 aromatic carbocycles. The normalized spacial score (nSPS) is 13.0. The van der Waals surface area contributed by atoms with E-state index in [1.54, 1.807) is 50.2 Å². The molecule has 0 aliphatic carbocycles. The van der Waals surface area contributed by atoms with E-state index in [4.69, 9.17) is 11.6 Å². The lowest BCUT2D eigenvalue weighted by Gasteiger charge is -2.31. The van der Waals surface area contributed by atoms with Gasteiger partial charge in [-0.2, -0.15) is 4.31 Å². The van der Waals surface area contributed by atoms with Gasteiger partial charge in [-0.3, -0.25) is 4.79 Å². The fraction of sp³-hybridized carbons (Fsp3) is 0.296. The van der Waals surface area contributed by atoms with Crippen LogP contribution < -0.4 is 5.32 Å². The Morgan fingerprint density at radius 1 is 1.00 bits per heavy atom. The molecule has 1 unspecified atom stereocenters. The zero-order valence-electron chi connectivity index (χ0n) is 20.1. The van der Waals surface area contributed by atoms with Crippen molar-refractivity contribution in [1.29, 1.82) is 0 Å². The van der Waals surface area contributed by atoms with Crippen LogP contribution in [0, 0.1) is 0 Å². The molecule has 0 aliphatic rings. The van der Waals surface area contributed by atoms with Gasteiger partial charge in [0.1, 0.15) is 0 Å². The number of halogens is 1. The van der Waals surface area contributed by atoms with Crippen molar-refractivity contribution < 1.29 is 18.3 Å². The minimum atomic E-state index is -3.86. The molecular weight excluding hydrogens is 484 g/mol. The topological polar surface area (TPSA) is 86.7 Å². The first kappa shape index (κ1) is 26.9. The summed E-state index contributed by atoms with van der Waals surface area (Å²) in [4.78, 5) is 12.7. The van der Waals surface area contributed by atoms with Gasteiger partial charge in [0.2, 0.25) is 10.0 Å². The van der Waals surface area contributed by atoms with E-state index in [-0.39, 0.29) is 30.0 Å². The number of aliphatic hydroxyl groups excluding tert-OH is 1. The monoisotopic (exact) mass is 514 g/mol. The van der Waals surface area contributed by atoms with Gasteiger partial charge in [-0.15, -0.1) is 0 Å². The van der Waals surface area contributed by atoms with E-state index in [1.165, 1.54) is 16.4 Å². The Morgan fingerprint density at radius 3 is 2.14 bits per heavy atom. The maximum absolute atomic E-state index is 13.8. The molecule has 0 saturated carbocycles. The van der Waals surface area contributed by atoms with Gasteiger partial charge in [0, 0.05) is 17.1 Å². The number of nitrogens with zero attached hydrogens (tertiary/aromatic N) is 1. The Hall–Kier alpha value is -2.71. The molecule has 0 aromatic heterocycles. The molecule has 0 aliphatic heterocycles. The van der Waals surface area contributed by atoms with Crippen LogP contribution in [-0.4, -0.2) is 35.9 Å². The zero-order chi connectivity index (χ0) is 25.6. The first-order chi connectivity index (χ1) is 16.6. The summed E-state index contributed by atoms with van der Waals surface area (Å²) in [5, 5.41) is 12.6. The third-order valence-electron chi connectivity index (χ3n) is 5.74. The second kappa shape index (κ2) is 11.4. The Bertz CT molecular complexity index is 1230. The fourth-order valence-corrected chi connectivity index (χ4v) is 5.55. The van der Waals surface area contributed by atoms with Crippen LogP contribution in [0.5, 0.6) is 0 Å². The lowest BCUT2D eigenvalue weighted by atomic mass is 10.0. The molecule has 0 fully saturated rings. The molecule has 0 radical (unpaired) electrons. The van der Waals surface area contributed by atoms with E-state index in [0.717, 1.165) is 11.1 Å². The molecule has 1 amide bonds. The molecule has 186 valence electrons. The van der Waals surface area contributed by atoms with Gasteiger partial charge >= 0.3 is 0 Å². The summed E-state index contributed by atoms with van der Waals surface area (Å²) in [6.07, 6.45) is 0.577. The minimum absolute atomic E-state index is 0.127. The predicted molar refractivity (Wildman–Crippen MR) is 139 cm³/mol. The van der Waals surface area contributed by atoms with Gasteiger partial charge in [-0.05, 0) is 67.8 Å². The average Bonchev–Trinajstić information content (AvgIpc) is 2.85. The maximum Gasteiger partial charge on any atom is 0.251 e. The molecule has 0 spiro atoms. The van der Waals surface area contributed by atoms with Crippen LogP contribution in [0.4, 0.5) is 0 Å². The third-order valence-corrected chi connectivity index (χ3v) is 7.86. The predicted octanol–water partition coefficient (Wildman–Crippen LogP) is 5.18. The van der Waals surface area contributed by atoms with Crippen LogP contribution in [0.2, 0.25) is 5.02 Å². The van der Waals surface area contributed by atoms with E-state index >= 15 is 0 Å². The summed E-state index contributed by atoms with van der Waals surface area (Å²) in [5.74, 6) is -0.308. The highest BCUT2D eigenvalue weighted by Gasteiger charge is 2.32. The second-order valence-corrected chi connectivity index (χ2v) is 11.4. The molecule has 2 N–H and O–H groups in total. The number of rotatable bonds is 10. The molecule has 0 bridgehead atoms. The average molecular weight is 515 g/mol. The van der Waals surface area contributed by atoms with Gasteiger partial charge < -0.3 is 10.4 Å². The Kier molecular flexibility index (Phi) is 8.72. The fourth-order valence-electron chi connectivity index (χ4n) is 3.75. The SMILES string of the molecule is CCC(c1ccccc1)N(Cc1ccc(C(=O)NC(C)(C)CO)cc1)S(=O)(=O)c1ccc(Cl)cc1. The second-order valence-electron chi connectivity index (χ2n) is 9.03. The maximum atomic E-state index is 13.8. The highest BCUT2D eigenvalue weighted by molar-refractivity contribution is 7.89. The summed E-state index contributed by atoms with van der Waals surface area (Å²) >= 11 is 5.99. The van der Waals surface area contributed by atoms with Crippen molar-refractivity contribution in [2.75, 3.05) is 6.61 Å². The van der Waals surface area contributed by atoms with Gasteiger partial charge in [0.15, 0.2) is 0 Å². The Balaban J connectivity index is 1.95. The van der Waals surface area contributed by atoms with Gasteiger partial charge in [-0.25, -0.2) is 8.42 Å². The van der Waals surface area contributed by atoms with Crippen LogP contribution in [0.3, 0.4) is 0 Å². The highest BCUT2D eigenvalue weighted by atomic mass is 35.5. The van der Waals surface area contributed by atoms with Crippen LogP contribution in [0.25, 0.3) is 0 Å². The number of sulfonamides is 1. The lowest BCUT2D eigenvalue weighted by Crippen LogP contribution is -2.46. The van der Waals surface area contributed by atoms with Crippen molar-refractivity contribution >= 4 is 27.5 Å². The number of amides is 1. The van der Waals surface area contributed by atoms with E-state index in [2.05, 4.69) is 5.32 Å². The van der Waals surface area contributed by atoms with Gasteiger partial charge in [0.05, 0.1) is 23.1 Å². The van der Waals surface area contributed by atoms with Crippen molar-refractivity contribution in [3.63, 3.8) is 0 Å². The van der Waals surface area contributed by atoms with Crippen molar-refractivity contribution in [2.24, 2.45) is 0 Å².